The topological polar surface area (TPSA) is 29.1 Å². The molecule has 1 unspecified atom stereocenters. The summed E-state index contributed by atoms with van der Waals surface area (Å²) in [6.07, 6.45) is 0.645. The first-order chi connectivity index (χ1) is 7.45. The summed E-state index contributed by atoms with van der Waals surface area (Å²) in [6, 6.07) is 8.61. The number of carbonyl (C=O) groups excluding carboxylic acids is 1. The van der Waals surface area contributed by atoms with Crippen LogP contribution >= 0.6 is 11.8 Å². The lowest BCUT2D eigenvalue weighted by Gasteiger charge is -2.26. The minimum atomic E-state index is 0.156. The third-order valence-corrected chi connectivity index (χ3v) is 3.80. The second-order valence-electron chi connectivity index (χ2n) is 5.15. The van der Waals surface area contributed by atoms with Gasteiger partial charge in [-0.15, -0.1) is 11.8 Å². The summed E-state index contributed by atoms with van der Waals surface area (Å²) in [5.74, 6) is 0.156. The molecule has 0 bridgehead atoms. The summed E-state index contributed by atoms with van der Waals surface area (Å²) >= 11 is 1.72. The Balaban J connectivity index is 2.00. The van der Waals surface area contributed by atoms with Crippen molar-refractivity contribution in [1.29, 1.82) is 0 Å². The van der Waals surface area contributed by atoms with Crippen LogP contribution in [0.25, 0.3) is 0 Å². The second kappa shape index (κ2) is 4.13. The molecule has 86 valence electrons. The number of benzene rings is 1. The summed E-state index contributed by atoms with van der Waals surface area (Å²) in [7, 11) is 0. The Labute approximate surface area is 101 Å². The van der Waals surface area contributed by atoms with Crippen molar-refractivity contribution in [2.75, 3.05) is 0 Å². The molecule has 1 aromatic rings. The molecule has 3 heteroatoms. The van der Waals surface area contributed by atoms with E-state index < -0.39 is 0 Å². The van der Waals surface area contributed by atoms with Crippen molar-refractivity contribution < 1.29 is 4.79 Å². The van der Waals surface area contributed by atoms with Gasteiger partial charge in [0.2, 0.25) is 5.91 Å². The van der Waals surface area contributed by atoms with Crippen LogP contribution in [0.5, 0.6) is 0 Å². The molecule has 2 nitrogen and oxygen atoms in total. The number of hydrogen-bond donors (Lipinski definition) is 1. The molecule has 1 aliphatic heterocycles. The lowest BCUT2D eigenvalue weighted by molar-refractivity contribution is -0.126. The van der Waals surface area contributed by atoms with Crippen LogP contribution in [0, 0.1) is 0 Å². The minimum absolute atomic E-state index is 0.156. The first-order valence-corrected chi connectivity index (χ1v) is 6.40. The van der Waals surface area contributed by atoms with E-state index in [1.165, 1.54) is 10.5 Å². The predicted molar refractivity (Wildman–Crippen MR) is 67.5 cm³/mol. The Bertz CT molecular complexity index is 383. The fraction of sp³-hybridized carbons (Fsp3) is 0.462. The monoisotopic (exact) mass is 235 g/mol. The van der Waals surface area contributed by atoms with Crippen molar-refractivity contribution in [3.05, 3.63) is 29.8 Å². The quantitative estimate of drug-likeness (QED) is 0.799. The van der Waals surface area contributed by atoms with E-state index in [0.29, 0.717) is 6.42 Å². The van der Waals surface area contributed by atoms with Gasteiger partial charge < -0.3 is 5.32 Å². The largest absolute Gasteiger partial charge is 0.343 e. The Morgan fingerprint density at radius 1 is 1.25 bits per heavy atom. The molecule has 0 aromatic heterocycles. The van der Waals surface area contributed by atoms with Gasteiger partial charge in [-0.3, -0.25) is 4.79 Å². The molecule has 0 radical (unpaired) electrons. The maximum atomic E-state index is 10.8. The van der Waals surface area contributed by atoms with E-state index in [2.05, 4.69) is 50.4 Å². The molecule has 0 aliphatic carbocycles. The number of nitrogens with one attached hydrogen (secondary N) is 1. The Hall–Kier alpha value is -0.960. The van der Waals surface area contributed by atoms with Gasteiger partial charge in [0.15, 0.2) is 0 Å². The van der Waals surface area contributed by atoms with E-state index in [-0.39, 0.29) is 16.7 Å². The van der Waals surface area contributed by atoms with Gasteiger partial charge in [-0.25, -0.2) is 0 Å². The van der Waals surface area contributed by atoms with Gasteiger partial charge in [0.25, 0.3) is 0 Å². The van der Waals surface area contributed by atoms with Crippen LogP contribution in [0.1, 0.15) is 32.8 Å². The molecule has 1 aromatic carbocycles. The van der Waals surface area contributed by atoms with Crippen LogP contribution in [0.2, 0.25) is 0 Å². The summed E-state index contributed by atoms with van der Waals surface area (Å²) in [4.78, 5) is 12.0. The molecule has 1 heterocycles. The van der Waals surface area contributed by atoms with E-state index in [9.17, 15) is 4.79 Å². The molecule has 1 fully saturated rings. The average molecular weight is 235 g/mol. The number of carbonyl (C=O) groups is 1. The highest BCUT2D eigenvalue weighted by atomic mass is 32.2. The zero-order valence-corrected chi connectivity index (χ0v) is 10.7. The van der Waals surface area contributed by atoms with Crippen LogP contribution in [-0.4, -0.2) is 11.3 Å². The smallest absolute Gasteiger partial charge is 0.223 e. The van der Waals surface area contributed by atoms with Crippen molar-refractivity contribution in [3.63, 3.8) is 0 Å². The van der Waals surface area contributed by atoms with Gasteiger partial charge in [0.1, 0.15) is 0 Å². The van der Waals surface area contributed by atoms with Gasteiger partial charge in [-0.05, 0) is 23.1 Å². The van der Waals surface area contributed by atoms with Gasteiger partial charge in [0, 0.05) is 4.90 Å². The van der Waals surface area contributed by atoms with Crippen molar-refractivity contribution in [2.45, 2.75) is 42.9 Å². The third-order valence-electron chi connectivity index (χ3n) is 2.69. The van der Waals surface area contributed by atoms with Crippen molar-refractivity contribution >= 4 is 17.7 Å². The lowest BCUT2D eigenvalue weighted by Crippen LogP contribution is -2.46. The van der Waals surface area contributed by atoms with Gasteiger partial charge >= 0.3 is 0 Å². The highest BCUT2D eigenvalue weighted by molar-refractivity contribution is 8.00. The maximum Gasteiger partial charge on any atom is 0.223 e. The van der Waals surface area contributed by atoms with Gasteiger partial charge in [-0.2, -0.15) is 0 Å². The number of β-lactam (4-membered cyclic amide) rings is 1. The molecule has 1 atom stereocenters. The van der Waals surface area contributed by atoms with Crippen LogP contribution in [0.4, 0.5) is 0 Å². The van der Waals surface area contributed by atoms with Crippen LogP contribution in [0.3, 0.4) is 0 Å². The fourth-order valence-corrected chi connectivity index (χ4v) is 2.64. The van der Waals surface area contributed by atoms with E-state index in [1.54, 1.807) is 11.8 Å². The molecule has 1 aliphatic rings. The molecule has 2 rings (SSSR count). The first kappa shape index (κ1) is 11.5. The van der Waals surface area contributed by atoms with E-state index in [0.717, 1.165) is 0 Å². The zero-order chi connectivity index (χ0) is 11.8. The van der Waals surface area contributed by atoms with Crippen molar-refractivity contribution in [3.8, 4) is 0 Å². The zero-order valence-electron chi connectivity index (χ0n) is 9.91. The van der Waals surface area contributed by atoms with Crippen molar-refractivity contribution in [1.82, 2.24) is 5.32 Å². The predicted octanol–water partition coefficient (Wildman–Crippen LogP) is 2.92. The molecule has 0 spiro atoms. The Morgan fingerprint density at radius 2 is 1.81 bits per heavy atom. The fourth-order valence-electron chi connectivity index (χ4n) is 1.60. The van der Waals surface area contributed by atoms with Crippen LogP contribution in [-0.2, 0) is 10.2 Å². The van der Waals surface area contributed by atoms with Crippen LogP contribution in [0.15, 0.2) is 29.2 Å². The number of rotatable bonds is 2. The highest BCUT2D eigenvalue weighted by Crippen LogP contribution is 2.30. The normalized spacial score (nSPS) is 20.2. The number of amides is 1. The van der Waals surface area contributed by atoms with Crippen LogP contribution < -0.4 is 5.32 Å². The summed E-state index contributed by atoms with van der Waals surface area (Å²) < 4.78 is 0. The first-order valence-electron chi connectivity index (χ1n) is 5.52. The SMILES string of the molecule is CC(C)(C)c1ccc(SC2CC(=O)N2)cc1. The third kappa shape index (κ3) is 2.59. The molecule has 16 heavy (non-hydrogen) atoms. The standard InChI is InChI=1S/C13H17NOS/c1-13(2,3)9-4-6-10(7-5-9)16-12-8-11(15)14-12/h4-7,12H,8H2,1-3H3,(H,14,15). The summed E-state index contributed by atoms with van der Waals surface area (Å²) in [5.41, 5.74) is 1.54. The van der Waals surface area contributed by atoms with E-state index in [4.69, 9.17) is 0 Å². The van der Waals surface area contributed by atoms with Crippen molar-refractivity contribution in [2.24, 2.45) is 0 Å². The summed E-state index contributed by atoms with van der Waals surface area (Å²) in [5, 5.41) is 3.13. The van der Waals surface area contributed by atoms with E-state index in [1.807, 2.05) is 0 Å². The second-order valence-corrected chi connectivity index (χ2v) is 6.43. The van der Waals surface area contributed by atoms with Gasteiger partial charge in [0.05, 0.1) is 11.8 Å². The van der Waals surface area contributed by atoms with E-state index >= 15 is 0 Å². The number of thioether (sulfide) groups is 1. The molecule has 1 saturated heterocycles. The minimum Gasteiger partial charge on any atom is -0.343 e. The molecular weight excluding hydrogens is 218 g/mol. The molecule has 0 saturated carbocycles. The number of hydrogen-bond acceptors (Lipinski definition) is 2. The summed E-state index contributed by atoms with van der Waals surface area (Å²) in [6.45, 7) is 6.63. The van der Waals surface area contributed by atoms with Gasteiger partial charge in [-0.1, -0.05) is 32.9 Å². The maximum absolute atomic E-state index is 10.8. The Morgan fingerprint density at radius 3 is 2.25 bits per heavy atom. The average Bonchev–Trinajstić information content (AvgIpc) is 2.15. The molecule has 1 amide bonds. The molecular formula is C13H17NOS. The lowest BCUT2D eigenvalue weighted by atomic mass is 9.87. The molecule has 1 N–H and O–H groups in total. The Kier molecular flexibility index (Phi) is 2.98. The highest BCUT2D eigenvalue weighted by Gasteiger charge is 2.25.